The third kappa shape index (κ3) is 2.59. The maximum absolute atomic E-state index is 10.5. The Morgan fingerprint density at radius 1 is 1.25 bits per heavy atom. The van der Waals surface area contributed by atoms with Gasteiger partial charge in [-0.2, -0.15) is 0 Å². The Balaban J connectivity index is 1.55. The maximum Gasteiger partial charge on any atom is 0.247 e. The van der Waals surface area contributed by atoms with Crippen molar-refractivity contribution in [1.29, 1.82) is 0 Å². The number of rotatable bonds is 3. The normalized spacial score (nSPS) is 22.1. The molecule has 8 nitrogen and oxygen atoms in total. The second-order valence-corrected chi connectivity index (χ2v) is 5.83. The first-order chi connectivity index (χ1) is 11.6. The van der Waals surface area contributed by atoms with Gasteiger partial charge in [0.2, 0.25) is 6.41 Å². The molecule has 1 aliphatic rings. The zero-order chi connectivity index (χ0) is 16.7. The lowest BCUT2D eigenvalue weighted by Gasteiger charge is -2.18. The van der Waals surface area contributed by atoms with Gasteiger partial charge in [-0.15, -0.1) is 0 Å². The van der Waals surface area contributed by atoms with Crippen LogP contribution in [0.25, 0.3) is 11.2 Å². The van der Waals surface area contributed by atoms with Gasteiger partial charge >= 0.3 is 0 Å². The first-order valence-electron chi connectivity index (χ1n) is 7.27. The Morgan fingerprint density at radius 2 is 2.04 bits per heavy atom. The molecule has 3 heterocycles. The number of aromatic nitrogens is 4. The van der Waals surface area contributed by atoms with E-state index in [4.69, 9.17) is 26.8 Å². The van der Waals surface area contributed by atoms with Gasteiger partial charge in [-0.05, 0) is 17.7 Å². The number of benzene rings is 1. The van der Waals surface area contributed by atoms with Gasteiger partial charge in [-0.1, -0.05) is 23.7 Å². The van der Waals surface area contributed by atoms with Crippen LogP contribution in [0.2, 0.25) is 5.02 Å². The summed E-state index contributed by atoms with van der Waals surface area (Å²) in [6.07, 6.45) is 0.785. The van der Waals surface area contributed by atoms with Crippen LogP contribution in [0.5, 0.6) is 0 Å². The summed E-state index contributed by atoms with van der Waals surface area (Å²) in [5.74, 6) is 0.287. The summed E-state index contributed by atoms with van der Waals surface area (Å²) < 4.78 is 13.1. The molecule has 1 fully saturated rings. The summed E-state index contributed by atoms with van der Waals surface area (Å²) in [5, 5.41) is 11.1. The largest absolute Gasteiger partial charge is 0.386 e. The average Bonchev–Trinajstić information content (AvgIpc) is 3.22. The van der Waals surface area contributed by atoms with E-state index in [-0.39, 0.29) is 12.4 Å². The fourth-order valence-corrected chi connectivity index (χ4v) is 2.74. The Labute approximate surface area is 141 Å². The van der Waals surface area contributed by atoms with Crippen LogP contribution in [0.15, 0.2) is 36.9 Å². The Kier molecular flexibility index (Phi) is 3.81. The zero-order valence-corrected chi connectivity index (χ0v) is 13.2. The molecule has 0 amide bonds. The number of halogens is 1. The summed E-state index contributed by atoms with van der Waals surface area (Å²) in [7, 11) is 0. The van der Waals surface area contributed by atoms with Crippen LogP contribution in [0.1, 0.15) is 18.1 Å². The Hall–Kier alpha value is -2.26. The van der Waals surface area contributed by atoms with Crippen LogP contribution < -0.4 is 5.73 Å². The number of nitrogen functional groups attached to an aromatic ring is 1. The van der Waals surface area contributed by atoms with E-state index >= 15 is 0 Å². The smallest absolute Gasteiger partial charge is 0.247 e. The Bertz CT molecular complexity index is 869. The average molecular weight is 348 g/mol. The number of aliphatic hydroxyl groups is 1. The van der Waals surface area contributed by atoms with Crippen LogP contribution >= 0.6 is 11.6 Å². The molecule has 0 radical (unpaired) electrons. The quantitative estimate of drug-likeness (QED) is 0.741. The summed E-state index contributed by atoms with van der Waals surface area (Å²) in [6.45, 7) is 0.231. The van der Waals surface area contributed by atoms with Crippen LogP contribution in [0.3, 0.4) is 0 Å². The van der Waals surface area contributed by atoms with E-state index in [2.05, 4.69) is 15.0 Å². The van der Waals surface area contributed by atoms with Gasteiger partial charge in [0.1, 0.15) is 30.4 Å². The minimum absolute atomic E-state index is 0.231. The lowest BCUT2D eigenvalue weighted by atomic mass is 10.1. The minimum atomic E-state index is -0.832. The van der Waals surface area contributed by atoms with E-state index in [0.29, 0.717) is 21.7 Å². The lowest BCUT2D eigenvalue weighted by Crippen LogP contribution is -2.21. The van der Waals surface area contributed by atoms with E-state index in [1.165, 1.54) is 12.7 Å². The van der Waals surface area contributed by atoms with Gasteiger partial charge < -0.3 is 20.3 Å². The topological polar surface area (TPSA) is 108 Å². The van der Waals surface area contributed by atoms with Crippen LogP contribution in [-0.2, 0) is 9.47 Å². The van der Waals surface area contributed by atoms with Gasteiger partial charge in [0, 0.05) is 5.02 Å². The molecule has 2 aromatic heterocycles. The first-order valence-corrected chi connectivity index (χ1v) is 7.65. The van der Waals surface area contributed by atoms with Crippen LogP contribution in [0.4, 0.5) is 5.82 Å². The van der Waals surface area contributed by atoms with Crippen molar-refractivity contribution in [3.63, 3.8) is 0 Å². The van der Waals surface area contributed by atoms with Crippen molar-refractivity contribution in [1.82, 2.24) is 19.5 Å². The molecule has 3 unspecified atom stereocenters. The highest BCUT2D eigenvalue weighted by Gasteiger charge is 2.34. The SMILES string of the molecule is Nc1ncnc2c1ncn2C1OCC(C(O)c2ccc(Cl)cc2)O1. The summed E-state index contributed by atoms with van der Waals surface area (Å²) in [5.41, 5.74) is 7.46. The molecule has 24 heavy (non-hydrogen) atoms. The highest BCUT2D eigenvalue weighted by atomic mass is 35.5. The van der Waals surface area contributed by atoms with E-state index in [9.17, 15) is 5.11 Å². The molecular formula is C15H14ClN5O3. The van der Waals surface area contributed by atoms with Gasteiger partial charge in [-0.25, -0.2) is 15.0 Å². The standard InChI is InChI=1S/C15H14ClN5O3/c16-9-3-1-8(2-4-9)12(22)10-5-23-15(24-10)21-7-20-11-13(17)18-6-19-14(11)21/h1-4,6-7,10,12,15,22H,5H2,(H2,17,18,19). The third-order valence-corrected chi connectivity index (χ3v) is 4.12. The van der Waals surface area contributed by atoms with Gasteiger partial charge in [0.15, 0.2) is 11.5 Å². The van der Waals surface area contributed by atoms with Gasteiger partial charge in [-0.3, -0.25) is 4.57 Å². The highest BCUT2D eigenvalue weighted by molar-refractivity contribution is 6.30. The fraction of sp³-hybridized carbons (Fsp3) is 0.267. The minimum Gasteiger partial charge on any atom is -0.386 e. The predicted molar refractivity (Wildman–Crippen MR) is 86.0 cm³/mol. The van der Waals surface area contributed by atoms with Crippen molar-refractivity contribution < 1.29 is 14.6 Å². The monoisotopic (exact) mass is 347 g/mol. The molecular weight excluding hydrogens is 334 g/mol. The third-order valence-electron chi connectivity index (χ3n) is 3.87. The van der Waals surface area contributed by atoms with Crippen molar-refractivity contribution in [2.45, 2.75) is 18.6 Å². The second-order valence-electron chi connectivity index (χ2n) is 5.39. The van der Waals surface area contributed by atoms with Gasteiger partial charge in [0.25, 0.3) is 0 Å². The number of hydrogen-bond acceptors (Lipinski definition) is 7. The summed E-state index contributed by atoms with van der Waals surface area (Å²) >= 11 is 5.86. The highest BCUT2D eigenvalue weighted by Crippen LogP contribution is 2.32. The lowest BCUT2D eigenvalue weighted by molar-refractivity contribution is -0.127. The van der Waals surface area contributed by atoms with E-state index in [1.54, 1.807) is 28.8 Å². The number of nitrogens with two attached hydrogens (primary N) is 1. The van der Waals surface area contributed by atoms with Crippen molar-refractivity contribution in [2.75, 3.05) is 12.3 Å². The number of imidazole rings is 1. The molecule has 1 aliphatic heterocycles. The summed E-state index contributed by atoms with van der Waals surface area (Å²) in [6, 6.07) is 6.95. The molecule has 3 N–H and O–H groups in total. The molecule has 0 bridgehead atoms. The van der Waals surface area contributed by atoms with E-state index in [1.807, 2.05) is 0 Å². The molecule has 124 valence electrons. The molecule has 1 saturated heterocycles. The summed E-state index contributed by atoms with van der Waals surface area (Å²) in [4.78, 5) is 12.2. The van der Waals surface area contributed by atoms with Crippen LogP contribution in [-0.4, -0.2) is 37.3 Å². The van der Waals surface area contributed by atoms with Crippen molar-refractivity contribution in [2.24, 2.45) is 0 Å². The number of aliphatic hydroxyl groups excluding tert-OH is 1. The zero-order valence-electron chi connectivity index (χ0n) is 12.4. The van der Waals surface area contributed by atoms with Crippen molar-refractivity contribution in [3.05, 3.63) is 47.5 Å². The van der Waals surface area contributed by atoms with Crippen molar-refractivity contribution >= 4 is 28.6 Å². The second kappa shape index (κ2) is 5.99. The Morgan fingerprint density at radius 3 is 2.83 bits per heavy atom. The van der Waals surface area contributed by atoms with E-state index < -0.39 is 18.6 Å². The van der Waals surface area contributed by atoms with Gasteiger partial charge in [0.05, 0.1) is 6.61 Å². The van der Waals surface area contributed by atoms with E-state index in [0.717, 1.165) is 0 Å². The molecule has 1 aromatic carbocycles. The number of hydrogen-bond donors (Lipinski definition) is 2. The number of fused-ring (bicyclic) bond motifs is 1. The molecule has 0 saturated carbocycles. The van der Waals surface area contributed by atoms with Crippen LogP contribution in [0, 0.1) is 0 Å². The number of nitrogens with zero attached hydrogens (tertiary/aromatic N) is 4. The fourth-order valence-electron chi connectivity index (χ4n) is 2.62. The number of anilines is 1. The molecule has 3 aromatic rings. The predicted octanol–water partition coefficient (Wildman–Crippen LogP) is 1.67. The first kappa shape index (κ1) is 15.3. The molecule has 4 rings (SSSR count). The molecule has 0 aliphatic carbocycles. The molecule has 0 spiro atoms. The molecule has 3 atom stereocenters. The van der Waals surface area contributed by atoms with Crippen molar-refractivity contribution in [3.8, 4) is 0 Å². The maximum atomic E-state index is 10.5. The molecule has 9 heteroatoms. The number of ether oxygens (including phenoxy) is 2.